The van der Waals surface area contributed by atoms with E-state index in [-0.39, 0.29) is 18.6 Å². The first-order chi connectivity index (χ1) is 18.5. The highest BCUT2D eigenvalue weighted by Gasteiger charge is 2.34. The average Bonchev–Trinajstić information content (AvgIpc) is 3.43. The summed E-state index contributed by atoms with van der Waals surface area (Å²) in [6, 6.07) is 15.8. The molecule has 5 rings (SSSR count). The van der Waals surface area contributed by atoms with Gasteiger partial charge in [-0.2, -0.15) is 0 Å². The summed E-state index contributed by atoms with van der Waals surface area (Å²) in [7, 11) is 3.26. The summed E-state index contributed by atoms with van der Waals surface area (Å²) in [6.45, 7) is 2.85. The van der Waals surface area contributed by atoms with E-state index in [1.54, 1.807) is 32.6 Å². The predicted molar refractivity (Wildman–Crippen MR) is 147 cm³/mol. The van der Waals surface area contributed by atoms with Crippen molar-refractivity contribution in [1.82, 2.24) is 20.9 Å². The zero-order valence-corrected chi connectivity index (χ0v) is 22.3. The van der Waals surface area contributed by atoms with E-state index in [2.05, 4.69) is 38.0 Å². The molecule has 0 aromatic heterocycles. The van der Waals surface area contributed by atoms with Crippen molar-refractivity contribution >= 4 is 29.6 Å². The van der Waals surface area contributed by atoms with Gasteiger partial charge in [-0.3, -0.25) is 9.69 Å². The largest absolute Gasteiger partial charge is 0.497 e. The Morgan fingerprint density at radius 1 is 1.13 bits per heavy atom. The molecule has 1 saturated heterocycles. The van der Waals surface area contributed by atoms with E-state index in [9.17, 15) is 4.79 Å². The lowest BCUT2D eigenvalue weighted by Gasteiger charge is -2.35. The van der Waals surface area contributed by atoms with Gasteiger partial charge < -0.3 is 30.2 Å². The first-order valence-corrected chi connectivity index (χ1v) is 13.1. The van der Waals surface area contributed by atoms with Gasteiger partial charge in [-0.25, -0.2) is 4.99 Å². The van der Waals surface area contributed by atoms with Crippen molar-refractivity contribution in [2.75, 3.05) is 33.9 Å². The highest BCUT2D eigenvalue weighted by molar-refractivity contribution is 6.35. The highest BCUT2D eigenvalue weighted by atomic mass is 35.5. The van der Waals surface area contributed by atoms with E-state index in [0.29, 0.717) is 16.5 Å². The maximum absolute atomic E-state index is 11.5. The van der Waals surface area contributed by atoms with Gasteiger partial charge >= 0.3 is 0 Å². The number of piperidine rings is 1. The third-order valence-electron chi connectivity index (χ3n) is 6.86. The van der Waals surface area contributed by atoms with Crippen LogP contribution in [0.15, 0.2) is 69.9 Å². The number of hydrogen-bond donors (Lipinski definition) is 3. The molecule has 38 heavy (non-hydrogen) atoms. The number of hydrogen-bond acceptors (Lipinski definition) is 8. The summed E-state index contributed by atoms with van der Waals surface area (Å²) < 4.78 is 16.9. The molecule has 2 aromatic carbocycles. The van der Waals surface area contributed by atoms with Gasteiger partial charge in [0.25, 0.3) is 5.91 Å². The van der Waals surface area contributed by atoms with Gasteiger partial charge in [-0.1, -0.05) is 23.7 Å². The van der Waals surface area contributed by atoms with Crippen molar-refractivity contribution in [3.63, 3.8) is 0 Å². The number of allylic oxidation sites excluding steroid dienone is 1. The minimum Gasteiger partial charge on any atom is -0.497 e. The standard InChI is InChI=1S/C28H32ClN5O4/c1-30-23(35)16-37-22-9-5-19(6-10-22)27-24(29)25(26-28(38-27)32-17-31-26)33-20-11-13-34(14-12-20)15-18-3-7-21(36-2)8-4-18/h3-10,17,20,28,33H,11-16H2,1-2H3,(H,30,35)(H,31,32). The van der Waals surface area contributed by atoms with Crippen LogP contribution in [0.2, 0.25) is 0 Å². The molecule has 0 bridgehead atoms. The fourth-order valence-electron chi connectivity index (χ4n) is 4.69. The Bertz CT molecular complexity index is 1230. The zero-order chi connectivity index (χ0) is 26.5. The first kappa shape index (κ1) is 25.9. The number of rotatable bonds is 9. The lowest BCUT2D eigenvalue weighted by Crippen LogP contribution is -2.43. The van der Waals surface area contributed by atoms with Crippen LogP contribution in [-0.2, 0) is 16.1 Å². The molecule has 0 radical (unpaired) electrons. The number of nitrogens with one attached hydrogen (secondary N) is 3. The number of fused-ring (bicyclic) bond motifs is 1. The van der Waals surface area contributed by atoms with Gasteiger partial charge in [0, 0.05) is 38.3 Å². The number of likely N-dealkylation sites (N-methyl/N-ethyl adjacent to an activating group) is 1. The fraction of sp³-hybridized carbons (Fsp3) is 0.357. The number of nitrogens with zero attached hydrogens (tertiary/aromatic N) is 2. The number of likely N-dealkylation sites (tertiary alicyclic amines) is 1. The summed E-state index contributed by atoms with van der Waals surface area (Å²) >= 11 is 6.92. The van der Waals surface area contributed by atoms with Gasteiger partial charge in [0.15, 0.2) is 12.4 Å². The molecule has 1 atom stereocenters. The second-order valence-electron chi connectivity index (χ2n) is 9.35. The Balaban J connectivity index is 1.24. The van der Waals surface area contributed by atoms with E-state index < -0.39 is 6.23 Å². The molecule has 0 aliphatic carbocycles. The Morgan fingerprint density at radius 2 is 1.84 bits per heavy atom. The summed E-state index contributed by atoms with van der Waals surface area (Å²) in [5, 5.41) is 9.92. The molecule has 3 aliphatic heterocycles. The van der Waals surface area contributed by atoms with Gasteiger partial charge in [-0.15, -0.1) is 0 Å². The van der Waals surface area contributed by atoms with Crippen molar-refractivity contribution in [3.8, 4) is 11.5 Å². The summed E-state index contributed by atoms with van der Waals surface area (Å²) in [6.07, 6.45) is 3.16. The lowest BCUT2D eigenvalue weighted by molar-refractivity contribution is -0.122. The monoisotopic (exact) mass is 537 g/mol. The van der Waals surface area contributed by atoms with Gasteiger partial charge in [0.05, 0.1) is 19.1 Å². The van der Waals surface area contributed by atoms with E-state index in [1.165, 1.54) is 5.56 Å². The Morgan fingerprint density at radius 3 is 2.53 bits per heavy atom. The minimum absolute atomic E-state index is 0.0443. The molecule has 3 aliphatic rings. The molecule has 0 spiro atoms. The van der Waals surface area contributed by atoms with E-state index in [4.69, 9.17) is 25.8 Å². The van der Waals surface area contributed by atoms with Crippen LogP contribution in [0.3, 0.4) is 0 Å². The summed E-state index contributed by atoms with van der Waals surface area (Å²) in [5.74, 6) is 1.82. The van der Waals surface area contributed by atoms with Crippen LogP contribution in [0.5, 0.6) is 11.5 Å². The number of amides is 1. The molecular formula is C28H32ClN5O4. The molecule has 3 heterocycles. The second kappa shape index (κ2) is 11.8. The van der Waals surface area contributed by atoms with Crippen molar-refractivity contribution in [2.24, 2.45) is 4.99 Å². The average molecular weight is 538 g/mol. The molecule has 9 nitrogen and oxygen atoms in total. The number of aliphatic imine (C=N–C) groups is 1. The zero-order valence-electron chi connectivity index (χ0n) is 21.5. The number of halogens is 1. The van der Waals surface area contributed by atoms with Crippen molar-refractivity contribution in [2.45, 2.75) is 31.7 Å². The third-order valence-corrected chi connectivity index (χ3v) is 7.22. The maximum atomic E-state index is 11.5. The quantitative estimate of drug-likeness (QED) is 0.452. The molecule has 1 fully saturated rings. The second-order valence-corrected chi connectivity index (χ2v) is 9.73. The van der Waals surface area contributed by atoms with Crippen LogP contribution >= 0.6 is 11.6 Å². The molecule has 3 N–H and O–H groups in total. The SMILES string of the molecule is CNC(=O)COc1ccc(C2=C(Cl)C(NC3CCN(Cc4ccc(OC)cc4)CC3)=C3NC=NC3O2)cc1. The van der Waals surface area contributed by atoms with E-state index in [1.807, 2.05) is 24.3 Å². The molecular weight excluding hydrogens is 506 g/mol. The highest BCUT2D eigenvalue weighted by Crippen LogP contribution is 2.37. The Labute approximate surface area is 227 Å². The molecule has 10 heteroatoms. The van der Waals surface area contributed by atoms with Crippen molar-refractivity contribution in [1.29, 1.82) is 0 Å². The van der Waals surface area contributed by atoms with Crippen LogP contribution in [0.1, 0.15) is 24.0 Å². The Kier molecular flexibility index (Phi) is 8.05. The summed E-state index contributed by atoms with van der Waals surface area (Å²) in [4.78, 5) is 18.3. The topological polar surface area (TPSA) is 96.5 Å². The molecule has 0 saturated carbocycles. The number of ether oxygens (including phenoxy) is 3. The van der Waals surface area contributed by atoms with Crippen LogP contribution in [0.25, 0.3) is 5.76 Å². The molecule has 1 amide bonds. The van der Waals surface area contributed by atoms with E-state index in [0.717, 1.165) is 55.2 Å². The fourth-order valence-corrected chi connectivity index (χ4v) is 5.00. The maximum Gasteiger partial charge on any atom is 0.257 e. The number of carbonyl (C=O) groups is 1. The molecule has 200 valence electrons. The van der Waals surface area contributed by atoms with Gasteiger partial charge in [0.2, 0.25) is 6.23 Å². The molecule has 1 unspecified atom stereocenters. The number of carbonyl (C=O) groups excluding carboxylic acids is 1. The van der Waals surface area contributed by atoms with Crippen LogP contribution in [0, 0.1) is 0 Å². The van der Waals surface area contributed by atoms with Crippen LogP contribution in [0.4, 0.5) is 0 Å². The minimum atomic E-state index is -0.477. The first-order valence-electron chi connectivity index (χ1n) is 12.7. The lowest BCUT2D eigenvalue weighted by atomic mass is 10.0. The van der Waals surface area contributed by atoms with Gasteiger partial charge in [-0.05, 0) is 54.8 Å². The number of methoxy groups -OCH3 is 1. The number of benzene rings is 2. The predicted octanol–water partition coefficient (Wildman–Crippen LogP) is 3.18. The van der Waals surface area contributed by atoms with Crippen LogP contribution < -0.4 is 25.4 Å². The molecule has 2 aromatic rings. The smallest absolute Gasteiger partial charge is 0.257 e. The van der Waals surface area contributed by atoms with Gasteiger partial charge in [0.1, 0.15) is 22.2 Å². The third kappa shape index (κ3) is 5.89. The Hall–Kier alpha value is -3.69. The van der Waals surface area contributed by atoms with Crippen molar-refractivity contribution < 1.29 is 19.0 Å². The van der Waals surface area contributed by atoms with Crippen molar-refractivity contribution in [3.05, 3.63) is 76.1 Å². The normalized spacial score (nSPS) is 19.5. The van der Waals surface area contributed by atoms with Crippen LogP contribution in [-0.4, -0.2) is 63.3 Å². The van der Waals surface area contributed by atoms with E-state index >= 15 is 0 Å². The summed E-state index contributed by atoms with van der Waals surface area (Å²) in [5.41, 5.74) is 3.73.